The molecule has 7 heteroatoms. The van der Waals surface area contributed by atoms with E-state index < -0.39 is 0 Å². The summed E-state index contributed by atoms with van der Waals surface area (Å²) in [6.45, 7) is 7.33. The Kier molecular flexibility index (Phi) is 6.36. The summed E-state index contributed by atoms with van der Waals surface area (Å²) in [5.74, 6) is -0.622. The predicted molar refractivity (Wildman–Crippen MR) is 110 cm³/mol. The molecular formula is C22H27N3O4. The predicted octanol–water partition coefficient (Wildman–Crippen LogP) is 3.16. The molecule has 2 aromatic rings. The number of ether oxygens (including phenoxy) is 1. The number of likely N-dealkylation sites (tertiary alicyclic amines) is 1. The van der Waals surface area contributed by atoms with Gasteiger partial charge in [-0.2, -0.15) is 0 Å². The molecule has 0 aliphatic carbocycles. The first-order chi connectivity index (χ1) is 13.9. The van der Waals surface area contributed by atoms with Gasteiger partial charge < -0.3 is 19.5 Å². The van der Waals surface area contributed by atoms with E-state index in [0.717, 1.165) is 31.6 Å². The molecule has 7 nitrogen and oxygen atoms in total. The van der Waals surface area contributed by atoms with Crippen molar-refractivity contribution >= 4 is 23.5 Å². The molecule has 1 saturated heterocycles. The largest absolute Gasteiger partial charge is 0.462 e. The third kappa shape index (κ3) is 4.67. The first-order valence-electron chi connectivity index (χ1n) is 9.93. The lowest BCUT2D eigenvalue weighted by atomic mass is 10.1. The van der Waals surface area contributed by atoms with Crippen LogP contribution in [0.1, 0.15) is 51.9 Å². The number of nitrogens with one attached hydrogen (secondary N) is 1. The first-order valence-corrected chi connectivity index (χ1v) is 9.93. The molecular weight excluding hydrogens is 370 g/mol. The molecule has 0 bridgehead atoms. The maximum Gasteiger partial charge on any atom is 0.339 e. The van der Waals surface area contributed by atoms with Gasteiger partial charge in [0.2, 0.25) is 5.91 Å². The molecule has 2 amide bonds. The van der Waals surface area contributed by atoms with Crippen LogP contribution in [-0.4, -0.2) is 46.9 Å². The Hall–Kier alpha value is -3.09. The number of amides is 2. The maximum absolute atomic E-state index is 12.6. The minimum atomic E-state index is -0.389. The SMILES string of the molecule is CCOC(=O)c1cc(C)n(CC(=O)Nc2cccc(C(=O)N3CCCC3)c2)c1C. The molecule has 3 rings (SSSR count). The summed E-state index contributed by atoms with van der Waals surface area (Å²) >= 11 is 0. The van der Waals surface area contributed by atoms with Crippen molar-refractivity contribution in [3.63, 3.8) is 0 Å². The number of nitrogens with zero attached hydrogens (tertiary/aromatic N) is 2. The van der Waals surface area contributed by atoms with Crippen molar-refractivity contribution in [2.45, 2.75) is 40.2 Å². The molecule has 0 radical (unpaired) electrons. The lowest BCUT2D eigenvalue weighted by Gasteiger charge is -2.16. The lowest BCUT2D eigenvalue weighted by molar-refractivity contribution is -0.116. The Morgan fingerprint density at radius 2 is 1.83 bits per heavy atom. The van der Waals surface area contributed by atoms with Crippen molar-refractivity contribution < 1.29 is 19.1 Å². The number of hydrogen-bond acceptors (Lipinski definition) is 4. The molecule has 1 aromatic carbocycles. The molecule has 2 heterocycles. The van der Waals surface area contributed by atoms with Crippen LogP contribution < -0.4 is 5.32 Å². The zero-order valence-electron chi connectivity index (χ0n) is 17.2. The zero-order valence-corrected chi connectivity index (χ0v) is 17.2. The van der Waals surface area contributed by atoms with Gasteiger partial charge in [-0.15, -0.1) is 0 Å². The van der Waals surface area contributed by atoms with Gasteiger partial charge in [-0.25, -0.2) is 4.79 Å². The number of aromatic nitrogens is 1. The van der Waals surface area contributed by atoms with Crippen LogP contribution >= 0.6 is 0 Å². The third-order valence-corrected chi connectivity index (χ3v) is 5.16. The summed E-state index contributed by atoms with van der Waals surface area (Å²) < 4.78 is 6.85. The minimum absolute atomic E-state index is 0.00484. The molecule has 154 valence electrons. The van der Waals surface area contributed by atoms with Crippen LogP contribution in [0.15, 0.2) is 30.3 Å². The standard InChI is InChI=1S/C22H27N3O4/c1-4-29-22(28)19-12-15(2)25(16(19)3)14-20(26)23-18-9-7-8-17(13-18)21(27)24-10-5-6-11-24/h7-9,12-13H,4-6,10-11,14H2,1-3H3,(H,23,26). The second kappa shape index (κ2) is 8.94. The van der Waals surface area contributed by atoms with Crippen LogP contribution in [0.3, 0.4) is 0 Å². The van der Waals surface area contributed by atoms with Crippen LogP contribution in [0.2, 0.25) is 0 Å². The third-order valence-electron chi connectivity index (χ3n) is 5.16. The van der Waals surface area contributed by atoms with Gasteiger partial charge in [-0.3, -0.25) is 9.59 Å². The normalized spacial score (nSPS) is 13.4. The molecule has 0 atom stereocenters. The number of aryl methyl sites for hydroxylation is 1. The van der Waals surface area contributed by atoms with E-state index in [2.05, 4.69) is 5.32 Å². The number of rotatable bonds is 6. The quantitative estimate of drug-likeness (QED) is 0.760. The number of carbonyl (C=O) groups is 3. The van der Waals surface area contributed by atoms with Crippen molar-refractivity contribution in [3.05, 3.63) is 52.8 Å². The van der Waals surface area contributed by atoms with Gasteiger partial charge in [0, 0.05) is 35.7 Å². The fourth-order valence-corrected chi connectivity index (χ4v) is 3.64. The molecule has 0 spiro atoms. The van der Waals surface area contributed by atoms with Crippen LogP contribution in [-0.2, 0) is 16.1 Å². The van der Waals surface area contributed by atoms with Crippen LogP contribution in [0, 0.1) is 13.8 Å². The highest BCUT2D eigenvalue weighted by atomic mass is 16.5. The Morgan fingerprint density at radius 3 is 2.52 bits per heavy atom. The van der Waals surface area contributed by atoms with Crippen molar-refractivity contribution in [3.8, 4) is 0 Å². The highest BCUT2D eigenvalue weighted by Gasteiger charge is 2.20. The summed E-state index contributed by atoms with van der Waals surface area (Å²) in [4.78, 5) is 39.0. The molecule has 0 saturated carbocycles. The fraction of sp³-hybridized carbons (Fsp3) is 0.409. The molecule has 0 unspecified atom stereocenters. The molecule has 1 N–H and O–H groups in total. The summed E-state index contributed by atoms with van der Waals surface area (Å²) in [5.41, 5.74) is 3.11. The Labute approximate surface area is 170 Å². The van der Waals surface area contributed by atoms with Crippen LogP contribution in [0.4, 0.5) is 5.69 Å². The number of esters is 1. The second-order valence-corrected chi connectivity index (χ2v) is 7.22. The van der Waals surface area contributed by atoms with E-state index in [9.17, 15) is 14.4 Å². The molecule has 1 aliphatic rings. The van der Waals surface area contributed by atoms with Crippen LogP contribution in [0.25, 0.3) is 0 Å². The van der Waals surface area contributed by atoms with Gasteiger partial charge in [-0.1, -0.05) is 6.07 Å². The molecule has 1 fully saturated rings. The molecule has 29 heavy (non-hydrogen) atoms. The van der Waals surface area contributed by atoms with Crippen molar-refractivity contribution in [2.75, 3.05) is 25.0 Å². The van der Waals surface area contributed by atoms with E-state index >= 15 is 0 Å². The number of carbonyl (C=O) groups excluding carboxylic acids is 3. The zero-order chi connectivity index (χ0) is 21.0. The Bertz CT molecular complexity index is 926. The number of benzene rings is 1. The van der Waals surface area contributed by atoms with E-state index in [-0.39, 0.29) is 24.3 Å². The highest BCUT2D eigenvalue weighted by Crippen LogP contribution is 2.18. The highest BCUT2D eigenvalue weighted by molar-refractivity contribution is 5.97. The summed E-state index contributed by atoms with van der Waals surface area (Å²) in [5, 5.41) is 2.85. The second-order valence-electron chi connectivity index (χ2n) is 7.22. The minimum Gasteiger partial charge on any atom is -0.462 e. The van der Waals surface area contributed by atoms with E-state index in [4.69, 9.17) is 4.74 Å². The summed E-state index contributed by atoms with van der Waals surface area (Å²) in [7, 11) is 0. The number of hydrogen-bond donors (Lipinski definition) is 1. The average molecular weight is 397 g/mol. The van der Waals surface area contributed by atoms with Gasteiger partial charge in [0.15, 0.2) is 0 Å². The van der Waals surface area contributed by atoms with Crippen molar-refractivity contribution in [2.24, 2.45) is 0 Å². The van der Waals surface area contributed by atoms with Gasteiger partial charge in [0.25, 0.3) is 5.91 Å². The Morgan fingerprint density at radius 1 is 1.10 bits per heavy atom. The van der Waals surface area contributed by atoms with E-state index in [0.29, 0.717) is 29.1 Å². The number of anilines is 1. The first kappa shape index (κ1) is 20.6. The smallest absolute Gasteiger partial charge is 0.339 e. The van der Waals surface area contributed by atoms with Crippen LogP contribution in [0.5, 0.6) is 0 Å². The van der Waals surface area contributed by atoms with Crippen molar-refractivity contribution in [1.29, 1.82) is 0 Å². The van der Waals surface area contributed by atoms with Gasteiger partial charge in [-0.05, 0) is 57.9 Å². The Balaban J connectivity index is 1.69. The summed E-state index contributed by atoms with van der Waals surface area (Å²) in [6, 6.07) is 8.73. The molecule has 1 aliphatic heterocycles. The van der Waals surface area contributed by atoms with Crippen molar-refractivity contribution in [1.82, 2.24) is 9.47 Å². The topological polar surface area (TPSA) is 80.6 Å². The molecule has 1 aromatic heterocycles. The van der Waals surface area contributed by atoms with Gasteiger partial charge in [0.05, 0.1) is 12.2 Å². The van der Waals surface area contributed by atoms with E-state index in [1.54, 1.807) is 48.7 Å². The van der Waals surface area contributed by atoms with Gasteiger partial charge in [0.1, 0.15) is 6.54 Å². The summed E-state index contributed by atoms with van der Waals surface area (Å²) in [6.07, 6.45) is 2.07. The van der Waals surface area contributed by atoms with E-state index in [1.165, 1.54) is 0 Å². The fourth-order valence-electron chi connectivity index (χ4n) is 3.64. The average Bonchev–Trinajstić information content (AvgIpc) is 3.32. The van der Waals surface area contributed by atoms with Gasteiger partial charge >= 0.3 is 5.97 Å². The maximum atomic E-state index is 12.6. The monoisotopic (exact) mass is 397 g/mol. The lowest BCUT2D eigenvalue weighted by Crippen LogP contribution is -2.27. The van der Waals surface area contributed by atoms with E-state index in [1.807, 2.05) is 11.8 Å².